The predicted molar refractivity (Wildman–Crippen MR) is 59.9 cm³/mol. The molecule has 6 nitrogen and oxygen atoms in total. The molecule has 1 atom stereocenters. The van der Waals surface area contributed by atoms with Gasteiger partial charge in [0.2, 0.25) is 10.0 Å². The maximum Gasteiger partial charge on any atom is 0.310 e. The topological polar surface area (TPSA) is 90.5 Å². The number of nitrogens with one attached hydrogen (secondary N) is 1. The molecule has 1 aromatic heterocycles. The van der Waals surface area contributed by atoms with Crippen molar-refractivity contribution in [2.24, 2.45) is 5.41 Å². The van der Waals surface area contributed by atoms with E-state index in [1.165, 1.54) is 22.8 Å². The van der Waals surface area contributed by atoms with Gasteiger partial charge in [-0.05, 0) is 19.4 Å². The molecular formula is C10H14N2O4S. The van der Waals surface area contributed by atoms with Crippen molar-refractivity contribution in [1.82, 2.24) is 9.29 Å². The second-order valence-electron chi connectivity index (χ2n) is 4.50. The highest BCUT2D eigenvalue weighted by Crippen LogP contribution is 2.33. The largest absolute Gasteiger partial charge is 0.481 e. The van der Waals surface area contributed by atoms with Crippen LogP contribution in [0.1, 0.15) is 13.3 Å². The standard InChI is InChI=1S/C10H14N2O4S/c1-10(9(13)14)3-5-12(7-10)17(15,16)8-2-4-11-6-8/h2,4,6,11H,3,5,7H2,1H3,(H,13,14). The highest BCUT2D eigenvalue weighted by Gasteiger charge is 2.44. The number of carboxylic acids is 1. The third-order valence-corrected chi connectivity index (χ3v) is 5.00. The molecule has 2 N–H and O–H groups in total. The third-order valence-electron chi connectivity index (χ3n) is 3.16. The summed E-state index contributed by atoms with van der Waals surface area (Å²) in [6, 6.07) is 1.46. The number of aromatic amines is 1. The minimum atomic E-state index is -3.56. The highest BCUT2D eigenvalue weighted by molar-refractivity contribution is 7.89. The average molecular weight is 258 g/mol. The van der Waals surface area contributed by atoms with Crippen molar-refractivity contribution in [1.29, 1.82) is 0 Å². The van der Waals surface area contributed by atoms with Crippen molar-refractivity contribution in [2.75, 3.05) is 13.1 Å². The number of aliphatic carboxylic acids is 1. The van der Waals surface area contributed by atoms with Crippen molar-refractivity contribution in [3.8, 4) is 0 Å². The first-order valence-electron chi connectivity index (χ1n) is 5.23. The van der Waals surface area contributed by atoms with Gasteiger partial charge < -0.3 is 10.1 Å². The zero-order valence-corrected chi connectivity index (χ0v) is 10.2. The van der Waals surface area contributed by atoms with Gasteiger partial charge >= 0.3 is 5.97 Å². The molecule has 0 aliphatic carbocycles. The number of hydrogen-bond donors (Lipinski definition) is 2. The van der Waals surface area contributed by atoms with Crippen molar-refractivity contribution in [3.63, 3.8) is 0 Å². The molecule has 0 aromatic carbocycles. The molecule has 0 spiro atoms. The maximum absolute atomic E-state index is 12.1. The van der Waals surface area contributed by atoms with Gasteiger partial charge in [-0.15, -0.1) is 0 Å². The minimum absolute atomic E-state index is 0.0237. The van der Waals surface area contributed by atoms with Gasteiger partial charge in [0.25, 0.3) is 0 Å². The SMILES string of the molecule is CC1(C(=O)O)CCN(S(=O)(=O)c2cc[nH]c2)C1. The molecule has 1 unspecified atom stereocenters. The van der Waals surface area contributed by atoms with Crippen LogP contribution in [0.15, 0.2) is 23.4 Å². The zero-order valence-electron chi connectivity index (χ0n) is 9.38. The summed E-state index contributed by atoms with van der Waals surface area (Å²) in [5.41, 5.74) is -0.983. The molecule has 17 heavy (non-hydrogen) atoms. The molecule has 94 valence electrons. The van der Waals surface area contributed by atoms with E-state index in [1.807, 2.05) is 0 Å². The molecule has 0 amide bonds. The number of hydrogen-bond acceptors (Lipinski definition) is 3. The maximum atomic E-state index is 12.1. The number of nitrogens with zero attached hydrogens (tertiary/aromatic N) is 1. The van der Waals surface area contributed by atoms with Gasteiger partial charge in [0.05, 0.1) is 10.3 Å². The van der Waals surface area contributed by atoms with E-state index in [-0.39, 0.29) is 18.0 Å². The van der Waals surface area contributed by atoms with E-state index in [2.05, 4.69) is 4.98 Å². The second kappa shape index (κ2) is 3.85. The van der Waals surface area contributed by atoms with Crippen molar-refractivity contribution in [2.45, 2.75) is 18.2 Å². The summed E-state index contributed by atoms with van der Waals surface area (Å²) in [5, 5.41) is 9.06. The molecule has 2 rings (SSSR count). The summed E-state index contributed by atoms with van der Waals surface area (Å²) < 4.78 is 25.5. The van der Waals surface area contributed by atoms with Gasteiger partial charge in [0.1, 0.15) is 0 Å². The lowest BCUT2D eigenvalue weighted by molar-refractivity contribution is -0.146. The Kier molecular flexibility index (Phi) is 2.75. The fourth-order valence-electron chi connectivity index (χ4n) is 1.92. The molecule has 7 heteroatoms. The number of aromatic nitrogens is 1. The molecule has 0 radical (unpaired) electrons. The fourth-order valence-corrected chi connectivity index (χ4v) is 3.46. The van der Waals surface area contributed by atoms with Crippen LogP contribution in [0.3, 0.4) is 0 Å². The third kappa shape index (κ3) is 1.96. The van der Waals surface area contributed by atoms with Crippen molar-refractivity contribution in [3.05, 3.63) is 18.5 Å². The Balaban J connectivity index is 2.25. The van der Waals surface area contributed by atoms with Gasteiger partial charge in [-0.1, -0.05) is 0 Å². The first-order valence-corrected chi connectivity index (χ1v) is 6.67. The molecule has 0 saturated carbocycles. The van der Waals surface area contributed by atoms with Crippen LogP contribution < -0.4 is 0 Å². The number of H-pyrrole nitrogens is 1. The Hall–Kier alpha value is -1.34. The molecule has 1 fully saturated rings. The van der Waals surface area contributed by atoms with E-state index < -0.39 is 21.4 Å². The summed E-state index contributed by atoms with van der Waals surface area (Å²) >= 11 is 0. The van der Waals surface area contributed by atoms with Crippen LogP contribution in [0.2, 0.25) is 0 Å². The lowest BCUT2D eigenvalue weighted by Gasteiger charge is -2.19. The van der Waals surface area contributed by atoms with E-state index in [0.29, 0.717) is 6.42 Å². The Labute approximate surface area is 99.3 Å². The number of carboxylic acid groups (broad SMARTS) is 1. The molecule has 1 aliphatic heterocycles. The monoisotopic (exact) mass is 258 g/mol. The van der Waals surface area contributed by atoms with E-state index in [1.54, 1.807) is 6.92 Å². The van der Waals surface area contributed by atoms with Crippen LogP contribution >= 0.6 is 0 Å². The van der Waals surface area contributed by atoms with Crippen LogP contribution in [-0.2, 0) is 14.8 Å². The summed E-state index contributed by atoms with van der Waals surface area (Å²) in [4.78, 5) is 13.9. The molecule has 1 aliphatic rings. The minimum Gasteiger partial charge on any atom is -0.481 e. The predicted octanol–water partition coefficient (Wildman–Crippen LogP) is 0.500. The van der Waals surface area contributed by atoms with E-state index in [0.717, 1.165) is 0 Å². The zero-order chi connectivity index (χ0) is 12.7. The lowest BCUT2D eigenvalue weighted by atomic mass is 9.90. The highest BCUT2D eigenvalue weighted by atomic mass is 32.2. The van der Waals surface area contributed by atoms with Gasteiger partial charge in [-0.25, -0.2) is 8.42 Å². The molecule has 1 aromatic rings. The van der Waals surface area contributed by atoms with E-state index in [9.17, 15) is 13.2 Å². The number of carbonyl (C=O) groups is 1. The quantitative estimate of drug-likeness (QED) is 0.826. The van der Waals surface area contributed by atoms with Gasteiger partial charge in [0, 0.05) is 25.5 Å². The summed E-state index contributed by atoms with van der Waals surface area (Å²) in [6.07, 6.45) is 3.26. The van der Waals surface area contributed by atoms with Crippen molar-refractivity contribution >= 4 is 16.0 Å². The van der Waals surface area contributed by atoms with E-state index >= 15 is 0 Å². The Morgan fingerprint density at radius 1 is 1.59 bits per heavy atom. The molecule has 1 saturated heterocycles. The van der Waals surface area contributed by atoms with Gasteiger partial charge in [-0.3, -0.25) is 4.79 Å². The number of rotatable bonds is 3. The Bertz CT molecular complexity index is 523. The van der Waals surface area contributed by atoms with Crippen LogP contribution in [0, 0.1) is 5.41 Å². The summed E-state index contributed by atoms with van der Waals surface area (Å²) in [5.74, 6) is -0.954. The summed E-state index contributed by atoms with van der Waals surface area (Å²) in [6.45, 7) is 1.84. The normalized spacial score (nSPS) is 26.2. The van der Waals surface area contributed by atoms with Crippen molar-refractivity contribution < 1.29 is 18.3 Å². The Morgan fingerprint density at radius 3 is 2.76 bits per heavy atom. The van der Waals surface area contributed by atoms with Crippen LogP contribution in [0.5, 0.6) is 0 Å². The first-order chi connectivity index (χ1) is 7.86. The average Bonchev–Trinajstić information content (AvgIpc) is 2.86. The molecular weight excluding hydrogens is 244 g/mol. The van der Waals surface area contributed by atoms with Crippen LogP contribution in [0.4, 0.5) is 0 Å². The van der Waals surface area contributed by atoms with Crippen LogP contribution in [0.25, 0.3) is 0 Å². The fraction of sp³-hybridized carbons (Fsp3) is 0.500. The van der Waals surface area contributed by atoms with Gasteiger partial charge in [0.15, 0.2) is 0 Å². The smallest absolute Gasteiger partial charge is 0.310 e. The molecule has 2 heterocycles. The van der Waals surface area contributed by atoms with Gasteiger partial charge in [-0.2, -0.15) is 4.31 Å². The summed E-state index contributed by atoms with van der Waals surface area (Å²) in [7, 11) is -3.56. The lowest BCUT2D eigenvalue weighted by Crippen LogP contribution is -2.34. The second-order valence-corrected chi connectivity index (χ2v) is 6.44. The van der Waals surface area contributed by atoms with Crippen LogP contribution in [-0.4, -0.2) is 41.9 Å². The van der Waals surface area contributed by atoms with E-state index in [4.69, 9.17) is 5.11 Å². The number of sulfonamides is 1. The molecule has 0 bridgehead atoms. The first kappa shape index (κ1) is 12.1. The Morgan fingerprint density at radius 2 is 2.29 bits per heavy atom.